The van der Waals surface area contributed by atoms with Crippen molar-refractivity contribution in [1.29, 1.82) is 0 Å². The van der Waals surface area contributed by atoms with E-state index >= 15 is 0 Å². The van der Waals surface area contributed by atoms with Gasteiger partial charge in [0.25, 0.3) is 0 Å². The van der Waals surface area contributed by atoms with Crippen molar-refractivity contribution in [3.05, 3.63) is 21.9 Å². The predicted octanol–water partition coefficient (Wildman–Crippen LogP) is 1.76. The van der Waals surface area contributed by atoms with Gasteiger partial charge in [-0.1, -0.05) is 6.92 Å². The molecule has 92 valence electrons. The van der Waals surface area contributed by atoms with Crippen LogP contribution in [-0.2, 0) is 0 Å². The zero-order valence-electron chi connectivity index (χ0n) is 10.1. The van der Waals surface area contributed by atoms with E-state index in [4.69, 9.17) is 10.8 Å². The fourth-order valence-electron chi connectivity index (χ4n) is 1.89. The molecule has 1 atom stereocenters. The van der Waals surface area contributed by atoms with Gasteiger partial charge in [-0.25, -0.2) is 0 Å². The van der Waals surface area contributed by atoms with E-state index in [1.165, 1.54) is 9.75 Å². The van der Waals surface area contributed by atoms with E-state index in [2.05, 4.69) is 30.9 Å². The largest absolute Gasteiger partial charge is 0.396 e. The molecule has 0 aliphatic heterocycles. The Morgan fingerprint density at radius 1 is 1.50 bits per heavy atom. The SMILES string of the molecule is CCN(CCCO)C(CN)c1ccc(C)s1. The molecule has 0 amide bonds. The summed E-state index contributed by atoms with van der Waals surface area (Å²) >= 11 is 1.81. The van der Waals surface area contributed by atoms with Crippen LogP contribution in [0.25, 0.3) is 0 Å². The van der Waals surface area contributed by atoms with Crippen LogP contribution in [0.2, 0.25) is 0 Å². The van der Waals surface area contributed by atoms with E-state index in [1.807, 2.05) is 11.3 Å². The molecule has 0 aliphatic rings. The number of aliphatic hydroxyl groups is 1. The maximum absolute atomic E-state index is 8.88. The lowest BCUT2D eigenvalue weighted by Gasteiger charge is -2.28. The van der Waals surface area contributed by atoms with Gasteiger partial charge >= 0.3 is 0 Å². The van der Waals surface area contributed by atoms with Crippen molar-refractivity contribution in [3.8, 4) is 0 Å². The molecule has 4 heteroatoms. The van der Waals surface area contributed by atoms with Gasteiger partial charge in [0.2, 0.25) is 0 Å². The minimum Gasteiger partial charge on any atom is -0.396 e. The molecule has 1 heterocycles. The summed E-state index contributed by atoms with van der Waals surface area (Å²) in [5, 5.41) is 8.88. The summed E-state index contributed by atoms with van der Waals surface area (Å²) in [5.41, 5.74) is 5.86. The van der Waals surface area contributed by atoms with Gasteiger partial charge in [-0.3, -0.25) is 4.90 Å². The summed E-state index contributed by atoms with van der Waals surface area (Å²) in [6.07, 6.45) is 0.814. The maximum atomic E-state index is 8.88. The van der Waals surface area contributed by atoms with Crippen LogP contribution in [0.5, 0.6) is 0 Å². The highest BCUT2D eigenvalue weighted by atomic mass is 32.1. The maximum Gasteiger partial charge on any atom is 0.0564 e. The second-order valence-corrected chi connectivity index (χ2v) is 5.23. The Balaban J connectivity index is 2.70. The zero-order chi connectivity index (χ0) is 12.0. The summed E-state index contributed by atoms with van der Waals surface area (Å²) in [4.78, 5) is 4.99. The Labute approximate surface area is 102 Å². The molecule has 0 spiro atoms. The third-order valence-electron chi connectivity index (χ3n) is 2.76. The van der Waals surface area contributed by atoms with Gasteiger partial charge in [-0.15, -0.1) is 11.3 Å². The minimum atomic E-state index is 0.247. The molecule has 1 rings (SSSR count). The normalized spacial score (nSPS) is 13.3. The molecule has 3 N–H and O–H groups in total. The van der Waals surface area contributed by atoms with Gasteiger partial charge in [-0.05, 0) is 32.0 Å². The zero-order valence-corrected chi connectivity index (χ0v) is 11.0. The highest BCUT2D eigenvalue weighted by Crippen LogP contribution is 2.26. The van der Waals surface area contributed by atoms with E-state index in [0.29, 0.717) is 12.6 Å². The highest BCUT2D eigenvalue weighted by Gasteiger charge is 2.18. The first-order valence-corrected chi connectivity index (χ1v) is 6.65. The molecular formula is C12H22N2OS. The molecule has 1 aromatic heterocycles. The van der Waals surface area contributed by atoms with Crippen LogP contribution >= 0.6 is 11.3 Å². The van der Waals surface area contributed by atoms with Gasteiger partial charge in [0.15, 0.2) is 0 Å². The summed E-state index contributed by atoms with van der Waals surface area (Å²) in [6, 6.07) is 4.61. The highest BCUT2D eigenvalue weighted by molar-refractivity contribution is 7.12. The molecular weight excluding hydrogens is 220 g/mol. The van der Waals surface area contributed by atoms with E-state index in [-0.39, 0.29) is 6.61 Å². The first-order valence-electron chi connectivity index (χ1n) is 5.84. The lowest BCUT2D eigenvalue weighted by Crippen LogP contribution is -2.34. The quantitative estimate of drug-likeness (QED) is 0.766. The van der Waals surface area contributed by atoms with Crippen LogP contribution in [-0.4, -0.2) is 36.2 Å². The number of hydrogen-bond acceptors (Lipinski definition) is 4. The lowest BCUT2D eigenvalue weighted by atomic mass is 10.2. The molecule has 0 fully saturated rings. The first-order chi connectivity index (χ1) is 7.72. The predicted molar refractivity (Wildman–Crippen MR) is 69.8 cm³/mol. The van der Waals surface area contributed by atoms with E-state index in [0.717, 1.165) is 19.5 Å². The number of thiophene rings is 1. The number of hydrogen-bond donors (Lipinski definition) is 2. The van der Waals surface area contributed by atoms with Crippen molar-refractivity contribution < 1.29 is 5.11 Å². The van der Waals surface area contributed by atoms with Crippen molar-refractivity contribution >= 4 is 11.3 Å². The fourth-order valence-corrected chi connectivity index (χ4v) is 2.91. The summed E-state index contributed by atoms with van der Waals surface area (Å²) < 4.78 is 0. The van der Waals surface area contributed by atoms with Crippen LogP contribution in [0, 0.1) is 6.92 Å². The molecule has 0 saturated heterocycles. The Morgan fingerprint density at radius 3 is 2.69 bits per heavy atom. The Hall–Kier alpha value is -0.420. The van der Waals surface area contributed by atoms with Crippen LogP contribution in [0.4, 0.5) is 0 Å². The molecule has 16 heavy (non-hydrogen) atoms. The molecule has 0 bridgehead atoms. The standard InChI is InChI=1S/C12H22N2OS/c1-3-14(7-4-8-15)11(9-13)12-6-5-10(2)16-12/h5-6,11,15H,3-4,7-9,13H2,1-2H3. The van der Waals surface area contributed by atoms with Crippen molar-refractivity contribution in [3.63, 3.8) is 0 Å². The average Bonchev–Trinajstić information content (AvgIpc) is 2.70. The summed E-state index contributed by atoms with van der Waals surface area (Å²) in [5.74, 6) is 0. The van der Waals surface area contributed by atoms with Gasteiger partial charge in [0.05, 0.1) is 6.04 Å². The van der Waals surface area contributed by atoms with Crippen LogP contribution in [0.1, 0.15) is 29.1 Å². The molecule has 0 saturated carbocycles. The Bertz CT molecular complexity index is 301. The van der Waals surface area contributed by atoms with Gasteiger partial charge in [-0.2, -0.15) is 0 Å². The van der Waals surface area contributed by atoms with Gasteiger partial charge < -0.3 is 10.8 Å². The van der Waals surface area contributed by atoms with Crippen LogP contribution in [0.3, 0.4) is 0 Å². The minimum absolute atomic E-state index is 0.247. The van der Waals surface area contributed by atoms with Gasteiger partial charge in [0, 0.05) is 29.5 Å². The van der Waals surface area contributed by atoms with E-state index < -0.39 is 0 Å². The fraction of sp³-hybridized carbons (Fsp3) is 0.667. The molecule has 0 aromatic carbocycles. The molecule has 1 unspecified atom stereocenters. The monoisotopic (exact) mass is 242 g/mol. The number of aliphatic hydroxyl groups excluding tert-OH is 1. The second kappa shape index (κ2) is 7.01. The number of rotatable bonds is 7. The molecule has 0 radical (unpaired) electrons. The topological polar surface area (TPSA) is 49.5 Å². The Kier molecular flexibility index (Phi) is 5.98. The number of likely N-dealkylation sites (N-methyl/N-ethyl adjacent to an activating group) is 1. The van der Waals surface area contributed by atoms with E-state index in [9.17, 15) is 0 Å². The third-order valence-corrected chi connectivity index (χ3v) is 3.87. The molecule has 1 aromatic rings. The van der Waals surface area contributed by atoms with Gasteiger partial charge in [0.1, 0.15) is 0 Å². The first kappa shape index (κ1) is 13.6. The second-order valence-electron chi connectivity index (χ2n) is 3.91. The smallest absolute Gasteiger partial charge is 0.0564 e. The lowest BCUT2D eigenvalue weighted by molar-refractivity contribution is 0.187. The van der Waals surface area contributed by atoms with Crippen molar-refractivity contribution in [1.82, 2.24) is 4.90 Å². The van der Waals surface area contributed by atoms with Crippen LogP contribution in [0.15, 0.2) is 12.1 Å². The summed E-state index contributed by atoms with van der Waals surface area (Å²) in [7, 11) is 0. The molecule has 0 aliphatic carbocycles. The average molecular weight is 242 g/mol. The van der Waals surface area contributed by atoms with Crippen molar-refractivity contribution in [2.75, 3.05) is 26.2 Å². The Morgan fingerprint density at radius 2 is 2.25 bits per heavy atom. The van der Waals surface area contributed by atoms with Crippen LogP contribution < -0.4 is 5.73 Å². The van der Waals surface area contributed by atoms with Crippen molar-refractivity contribution in [2.45, 2.75) is 26.3 Å². The third kappa shape index (κ3) is 3.56. The van der Waals surface area contributed by atoms with E-state index in [1.54, 1.807) is 0 Å². The number of aryl methyl sites for hydroxylation is 1. The summed E-state index contributed by atoms with van der Waals surface area (Å²) in [6.45, 7) is 7.02. The molecule has 3 nitrogen and oxygen atoms in total. The van der Waals surface area contributed by atoms with Crippen molar-refractivity contribution in [2.24, 2.45) is 5.73 Å². The number of nitrogens with two attached hydrogens (primary N) is 1. The number of nitrogens with zero attached hydrogens (tertiary/aromatic N) is 1.